The number of aliphatic hydroxyl groups excluding tert-OH is 1. The van der Waals surface area contributed by atoms with Crippen LogP contribution < -0.4 is 0 Å². The minimum absolute atomic E-state index is 0.273. The van der Waals surface area contributed by atoms with Crippen molar-refractivity contribution in [3.63, 3.8) is 0 Å². The summed E-state index contributed by atoms with van der Waals surface area (Å²) in [6, 6.07) is 0. The van der Waals surface area contributed by atoms with Crippen molar-refractivity contribution in [1.29, 1.82) is 0 Å². The first-order valence-electron chi connectivity index (χ1n) is 3.17. The number of carboxylic acids is 1. The highest BCUT2D eigenvalue weighted by molar-refractivity contribution is 7.86. The van der Waals surface area contributed by atoms with E-state index in [2.05, 4.69) is 0 Å². The van der Waals surface area contributed by atoms with Gasteiger partial charge in [0.2, 0.25) is 0 Å². The lowest BCUT2D eigenvalue weighted by molar-refractivity contribution is -0.137. The lowest BCUT2D eigenvalue weighted by Gasteiger charge is -2.08. The molecule has 7 heteroatoms. The Morgan fingerprint density at radius 2 is 1.92 bits per heavy atom. The lowest BCUT2D eigenvalue weighted by Crippen LogP contribution is -2.24. The van der Waals surface area contributed by atoms with Gasteiger partial charge in [-0.15, -0.1) is 0 Å². The third-order valence-corrected chi connectivity index (χ3v) is 2.52. The Bertz CT molecular complexity index is 243. The molecule has 0 rings (SSSR count). The molecule has 0 bridgehead atoms. The van der Waals surface area contributed by atoms with E-state index >= 15 is 0 Å². The first-order chi connectivity index (χ1) is 5.38. The smallest absolute Gasteiger partial charge is 0.304 e. The molecule has 0 radical (unpaired) electrons. The SMILES string of the molecule is O=C(O)CC(CCO)S(=O)(=O)O. The zero-order valence-electron chi connectivity index (χ0n) is 6.17. The van der Waals surface area contributed by atoms with Gasteiger partial charge in [-0.3, -0.25) is 9.35 Å². The Kier molecular flexibility index (Phi) is 4.15. The summed E-state index contributed by atoms with van der Waals surface area (Å²) < 4.78 is 29.3. The molecule has 0 aliphatic heterocycles. The Balaban J connectivity index is 4.34. The minimum Gasteiger partial charge on any atom is -0.481 e. The number of carbonyl (C=O) groups is 1. The molecule has 0 aliphatic carbocycles. The third-order valence-electron chi connectivity index (χ3n) is 1.27. The van der Waals surface area contributed by atoms with E-state index < -0.39 is 34.4 Å². The molecule has 3 N–H and O–H groups in total. The van der Waals surface area contributed by atoms with Crippen LogP contribution in [0, 0.1) is 0 Å². The standard InChI is InChI=1S/C5H10O6S/c6-2-1-4(3-5(7)8)12(9,10)11/h4,6H,1-3H2,(H,7,8)(H,9,10,11). The summed E-state index contributed by atoms with van der Waals surface area (Å²) >= 11 is 0. The van der Waals surface area contributed by atoms with Crippen LogP contribution in [0.2, 0.25) is 0 Å². The van der Waals surface area contributed by atoms with Crippen LogP contribution in [0.5, 0.6) is 0 Å². The second kappa shape index (κ2) is 4.39. The van der Waals surface area contributed by atoms with Gasteiger partial charge in [-0.1, -0.05) is 0 Å². The molecule has 0 fully saturated rings. The van der Waals surface area contributed by atoms with Crippen molar-refractivity contribution in [2.75, 3.05) is 6.61 Å². The number of rotatable bonds is 5. The Hall–Kier alpha value is -0.660. The Labute approximate surface area is 69.6 Å². The van der Waals surface area contributed by atoms with E-state index in [-0.39, 0.29) is 6.42 Å². The number of carboxylic acid groups (broad SMARTS) is 1. The van der Waals surface area contributed by atoms with E-state index in [1.54, 1.807) is 0 Å². The number of aliphatic carboxylic acids is 1. The summed E-state index contributed by atoms with van der Waals surface area (Å²) in [5, 5.41) is 15.1. The van der Waals surface area contributed by atoms with Crippen molar-refractivity contribution in [3.8, 4) is 0 Å². The second-order valence-corrected chi connectivity index (χ2v) is 3.94. The molecule has 6 nitrogen and oxygen atoms in total. The third kappa shape index (κ3) is 4.27. The summed E-state index contributed by atoms with van der Waals surface area (Å²) in [5.41, 5.74) is 0. The Morgan fingerprint density at radius 1 is 1.42 bits per heavy atom. The molecular formula is C5H10O6S. The van der Waals surface area contributed by atoms with Crippen LogP contribution in [-0.4, -0.2) is 41.0 Å². The topological polar surface area (TPSA) is 112 Å². The van der Waals surface area contributed by atoms with Gasteiger partial charge in [0.15, 0.2) is 0 Å². The maximum Gasteiger partial charge on any atom is 0.304 e. The van der Waals surface area contributed by atoms with E-state index in [9.17, 15) is 13.2 Å². The van der Waals surface area contributed by atoms with Gasteiger partial charge in [0.1, 0.15) is 0 Å². The molecule has 1 unspecified atom stereocenters. The van der Waals surface area contributed by atoms with E-state index in [1.807, 2.05) is 0 Å². The van der Waals surface area contributed by atoms with Gasteiger partial charge in [-0.2, -0.15) is 8.42 Å². The van der Waals surface area contributed by atoms with Crippen LogP contribution in [0.4, 0.5) is 0 Å². The molecule has 0 amide bonds. The first-order valence-corrected chi connectivity index (χ1v) is 4.67. The van der Waals surface area contributed by atoms with Crippen molar-refractivity contribution in [2.24, 2.45) is 0 Å². The van der Waals surface area contributed by atoms with Crippen LogP contribution in [0.1, 0.15) is 12.8 Å². The molecule has 0 heterocycles. The lowest BCUT2D eigenvalue weighted by atomic mass is 10.2. The van der Waals surface area contributed by atoms with Crippen LogP contribution >= 0.6 is 0 Å². The molecule has 0 aliphatic rings. The fraction of sp³-hybridized carbons (Fsp3) is 0.800. The number of hydrogen-bond acceptors (Lipinski definition) is 4. The number of aliphatic hydroxyl groups is 1. The van der Waals surface area contributed by atoms with Crippen LogP contribution in [0.25, 0.3) is 0 Å². The van der Waals surface area contributed by atoms with Crippen LogP contribution in [0.3, 0.4) is 0 Å². The van der Waals surface area contributed by atoms with Crippen molar-refractivity contribution in [3.05, 3.63) is 0 Å². The molecule has 0 aromatic heterocycles. The van der Waals surface area contributed by atoms with Gasteiger partial charge < -0.3 is 10.2 Å². The van der Waals surface area contributed by atoms with E-state index in [0.717, 1.165) is 0 Å². The van der Waals surface area contributed by atoms with Crippen molar-refractivity contribution in [1.82, 2.24) is 0 Å². The summed E-state index contributed by atoms with van der Waals surface area (Å²) in [7, 11) is -4.36. The van der Waals surface area contributed by atoms with Gasteiger partial charge in [0, 0.05) is 6.61 Å². The molecule has 0 saturated carbocycles. The summed E-state index contributed by atoms with van der Waals surface area (Å²) in [6.45, 7) is -0.474. The summed E-state index contributed by atoms with van der Waals surface area (Å²) in [5.74, 6) is -1.33. The maximum atomic E-state index is 10.4. The Morgan fingerprint density at radius 3 is 2.17 bits per heavy atom. The highest BCUT2D eigenvalue weighted by Gasteiger charge is 2.24. The fourth-order valence-electron chi connectivity index (χ4n) is 0.695. The van der Waals surface area contributed by atoms with Crippen molar-refractivity contribution >= 4 is 16.1 Å². The molecule has 12 heavy (non-hydrogen) atoms. The molecule has 0 aromatic rings. The molecular weight excluding hydrogens is 188 g/mol. The van der Waals surface area contributed by atoms with Gasteiger partial charge in [0.05, 0.1) is 11.7 Å². The van der Waals surface area contributed by atoms with Gasteiger partial charge in [0.25, 0.3) is 10.1 Å². The summed E-state index contributed by atoms with van der Waals surface area (Å²) in [6.07, 6.45) is -0.968. The van der Waals surface area contributed by atoms with Gasteiger partial charge in [-0.25, -0.2) is 0 Å². The van der Waals surface area contributed by atoms with Crippen molar-refractivity contribution in [2.45, 2.75) is 18.1 Å². The normalized spacial score (nSPS) is 14.2. The average molecular weight is 198 g/mol. The molecule has 0 saturated heterocycles. The number of hydrogen-bond donors (Lipinski definition) is 3. The fourth-order valence-corrected chi connectivity index (χ4v) is 1.45. The largest absolute Gasteiger partial charge is 0.481 e. The molecule has 0 aromatic carbocycles. The van der Waals surface area contributed by atoms with E-state index in [4.69, 9.17) is 14.8 Å². The van der Waals surface area contributed by atoms with Crippen LogP contribution in [0.15, 0.2) is 0 Å². The zero-order valence-corrected chi connectivity index (χ0v) is 6.99. The van der Waals surface area contributed by atoms with Crippen molar-refractivity contribution < 1.29 is 28.0 Å². The predicted molar refractivity (Wildman–Crippen MR) is 39.3 cm³/mol. The van der Waals surface area contributed by atoms with Crippen LogP contribution in [-0.2, 0) is 14.9 Å². The summed E-state index contributed by atoms with van der Waals surface area (Å²) in [4.78, 5) is 10.1. The highest BCUT2D eigenvalue weighted by atomic mass is 32.2. The second-order valence-electron chi connectivity index (χ2n) is 2.25. The maximum absolute atomic E-state index is 10.4. The van der Waals surface area contributed by atoms with Gasteiger partial charge in [-0.05, 0) is 6.42 Å². The monoisotopic (exact) mass is 198 g/mol. The minimum atomic E-state index is -4.36. The van der Waals surface area contributed by atoms with Gasteiger partial charge >= 0.3 is 5.97 Å². The predicted octanol–water partition coefficient (Wildman–Crippen LogP) is -0.900. The first kappa shape index (κ1) is 11.3. The molecule has 0 spiro atoms. The van der Waals surface area contributed by atoms with E-state index in [1.165, 1.54) is 0 Å². The van der Waals surface area contributed by atoms with E-state index in [0.29, 0.717) is 0 Å². The highest BCUT2D eigenvalue weighted by Crippen LogP contribution is 2.08. The quantitative estimate of drug-likeness (QED) is 0.493. The zero-order chi connectivity index (χ0) is 9.78. The average Bonchev–Trinajstić information content (AvgIpc) is 1.83. The molecule has 72 valence electrons. The molecule has 1 atom stereocenters.